The number of rotatable bonds is 2. The Kier molecular flexibility index (Phi) is 7.97. The summed E-state index contributed by atoms with van der Waals surface area (Å²) in [7, 11) is 0. The van der Waals surface area contributed by atoms with Crippen molar-refractivity contribution in [3.8, 4) is 6.07 Å². The van der Waals surface area contributed by atoms with Crippen molar-refractivity contribution in [2.24, 2.45) is 5.92 Å². The second-order valence-electron chi connectivity index (χ2n) is 12.6. The van der Waals surface area contributed by atoms with Gasteiger partial charge in [0.2, 0.25) is 0 Å². The molecule has 8 bridgehead atoms. The van der Waals surface area contributed by atoms with Gasteiger partial charge < -0.3 is 10.2 Å². The van der Waals surface area contributed by atoms with E-state index in [9.17, 15) is 10.1 Å². The summed E-state index contributed by atoms with van der Waals surface area (Å²) in [5, 5.41) is 13.7. The molecule has 5 heterocycles. The van der Waals surface area contributed by atoms with E-state index in [1.54, 1.807) is 17.6 Å². The predicted octanol–water partition coefficient (Wildman–Crippen LogP) is 6.82. The molecular weight excluding hydrogens is 553 g/mol. The molecule has 10 heteroatoms. The van der Waals surface area contributed by atoms with Crippen molar-refractivity contribution in [3.05, 3.63) is 63.5 Å². The highest BCUT2D eigenvalue weighted by Crippen LogP contribution is 2.47. The van der Waals surface area contributed by atoms with Crippen LogP contribution in [0.4, 0.5) is 19.0 Å². The fourth-order valence-electron chi connectivity index (χ4n) is 7.16. The number of alkyl halides is 2. The molecule has 7 rings (SSSR count). The molecule has 1 aromatic carbocycles. The topological polar surface area (TPSA) is 86.8 Å². The quantitative estimate of drug-likeness (QED) is 0.352. The van der Waals surface area contributed by atoms with Gasteiger partial charge in [0.05, 0.1) is 28.5 Å². The van der Waals surface area contributed by atoms with E-state index in [4.69, 9.17) is 0 Å². The third kappa shape index (κ3) is 5.30. The summed E-state index contributed by atoms with van der Waals surface area (Å²) in [5.74, 6) is -4.76. The molecule has 0 spiro atoms. The normalized spacial score (nSPS) is 26.9. The molecule has 3 aromatic rings. The lowest BCUT2D eigenvalue weighted by Crippen LogP contribution is -2.44. The highest BCUT2D eigenvalue weighted by Gasteiger charge is 2.48. The molecule has 1 saturated heterocycles. The maximum Gasteiger partial charge on any atom is 0.278 e. The molecule has 228 valence electrons. The van der Waals surface area contributed by atoms with Gasteiger partial charge in [0, 0.05) is 29.6 Å². The smallest absolute Gasteiger partial charge is 0.278 e. The molecule has 4 aliphatic rings. The van der Waals surface area contributed by atoms with E-state index in [1.165, 1.54) is 24.5 Å². The highest BCUT2D eigenvalue weighted by molar-refractivity contribution is 5.87. The summed E-state index contributed by atoms with van der Waals surface area (Å²) < 4.78 is 49.5. The Morgan fingerprint density at radius 3 is 2.53 bits per heavy atom. The van der Waals surface area contributed by atoms with Gasteiger partial charge in [-0.15, -0.1) is 0 Å². The lowest BCUT2D eigenvalue weighted by atomic mass is 9.84. The van der Waals surface area contributed by atoms with Crippen LogP contribution in [0.25, 0.3) is 11.0 Å². The Balaban J connectivity index is 1.45. The largest absolute Gasteiger partial charge is 0.363 e. The van der Waals surface area contributed by atoms with Gasteiger partial charge >= 0.3 is 0 Å². The van der Waals surface area contributed by atoms with Crippen LogP contribution < -0.4 is 10.9 Å². The number of nitriles is 1. The summed E-state index contributed by atoms with van der Waals surface area (Å²) in [6.07, 6.45) is 7.75. The second-order valence-corrected chi connectivity index (χ2v) is 12.6. The lowest BCUT2D eigenvalue weighted by Gasteiger charge is -2.40. The van der Waals surface area contributed by atoms with Crippen molar-refractivity contribution in [2.75, 3.05) is 18.4 Å². The first kappa shape index (κ1) is 29.6. The second kappa shape index (κ2) is 11.6. The molecule has 1 N–H and O–H groups in total. The number of fused-ring (bicyclic) bond motifs is 8. The van der Waals surface area contributed by atoms with Crippen molar-refractivity contribution in [3.63, 3.8) is 0 Å². The maximum atomic E-state index is 16.0. The molecule has 43 heavy (non-hydrogen) atoms. The number of piperidine rings is 1. The van der Waals surface area contributed by atoms with Crippen LogP contribution in [0.5, 0.6) is 0 Å². The number of pyridine rings is 1. The Hall–Kier alpha value is -3.45. The Bertz CT molecular complexity index is 1600. The number of benzene rings is 1. The van der Waals surface area contributed by atoms with Gasteiger partial charge in [-0.25, -0.2) is 23.1 Å². The van der Waals surface area contributed by atoms with Gasteiger partial charge in [-0.2, -0.15) is 5.26 Å². The minimum absolute atomic E-state index is 0.117. The van der Waals surface area contributed by atoms with E-state index in [-0.39, 0.29) is 11.1 Å². The molecule has 1 aliphatic carbocycles. The van der Waals surface area contributed by atoms with E-state index >= 15 is 13.2 Å². The van der Waals surface area contributed by atoms with E-state index in [0.29, 0.717) is 73.8 Å². The fraction of sp³-hybridized carbons (Fsp3) is 0.576. The number of nitrogens with zero attached hydrogens (tertiary/aromatic N) is 5. The van der Waals surface area contributed by atoms with E-state index in [1.807, 2.05) is 0 Å². The van der Waals surface area contributed by atoms with Gasteiger partial charge in [-0.3, -0.25) is 9.36 Å². The minimum Gasteiger partial charge on any atom is -0.363 e. The zero-order valence-corrected chi connectivity index (χ0v) is 24.9. The lowest BCUT2D eigenvalue weighted by molar-refractivity contribution is -0.0913. The molecule has 0 amide bonds. The molecule has 1 saturated carbocycles. The summed E-state index contributed by atoms with van der Waals surface area (Å²) >= 11 is 0. The van der Waals surface area contributed by atoms with Crippen molar-refractivity contribution in [2.45, 2.75) is 102 Å². The van der Waals surface area contributed by atoms with Gasteiger partial charge in [-0.1, -0.05) is 38.0 Å². The minimum atomic E-state index is -3.29. The number of nitrogens with one attached hydrogen (secondary N) is 1. The number of halogens is 3. The van der Waals surface area contributed by atoms with Crippen molar-refractivity contribution < 1.29 is 13.2 Å². The first-order chi connectivity index (χ1) is 20.7. The summed E-state index contributed by atoms with van der Waals surface area (Å²) in [4.78, 5) is 25.0. The number of anilines is 1. The van der Waals surface area contributed by atoms with E-state index in [0.717, 1.165) is 32.1 Å². The van der Waals surface area contributed by atoms with Crippen LogP contribution in [-0.4, -0.2) is 38.6 Å². The molecule has 2 fully saturated rings. The van der Waals surface area contributed by atoms with Crippen LogP contribution in [0.3, 0.4) is 0 Å². The third-order valence-electron chi connectivity index (χ3n) is 10.0. The zero-order valence-electron chi connectivity index (χ0n) is 24.9. The van der Waals surface area contributed by atoms with Crippen LogP contribution in [0.2, 0.25) is 0 Å². The first-order valence-corrected chi connectivity index (χ1v) is 15.7. The standard InChI is InChI=1S/C33H39F3N6O/c1-3-23-8-5-4-6-15-42-30-25(18-27(31(42)43)32(19-37)13-14-32)29(38-20-39-30)40-21(2)24-9-7-10-26(28(24)34)33(35,36)22-11-16-41(23)17-12-22/h7,9-10,18,20-23H,3-6,8,11-17H2,1-2H3,(H,38,39,40)/t21-,23?/m1/s1. The number of hydrogen-bond acceptors (Lipinski definition) is 6. The SMILES string of the molecule is CCC1CCCCCn2c(=O)c(C3(C#N)CC3)cc3c(ncnc32)N[C@H](C)c2cccc(c2F)C(F)(F)C2CCN1CC2. The van der Waals surface area contributed by atoms with Crippen molar-refractivity contribution in [1.29, 1.82) is 5.26 Å². The fourth-order valence-corrected chi connectivity index (χ4v) is 7.16. The molecule has 7 nitrogen and oxygen atoms in total. The van der Waals surface area contributed by atoms with Gasteiger partial charge in [-0.05, 0) is 71.0 Å². The third-order valence-corrected chi connectivity index (χ3v) is 10.0. The molecule has 0 radical (unpaired) electrons. The van der Waals surface area contributed by atoms with Crippen LogP contribution in [0, 0.1) is 23.1 Å². The number of aromatic nitrogens is 3. The Labute approximate surface area is 250 Å². The number of hydrogen-bond donors (Lipinski definition) is 1. The number of aryl methyl sites for hydroxylation is 1. The Morgan fingerprint density at radius 2 is 1.84 bits per heavy atom. The van der Waals surface area contributed by atoms with Crippen LogP contribution in [-0.2, 0) is 17.9 Å². The van der Waals surface area contributed by atoms with Gasteiger partial charge in [0.15, 0.2) is 0 Å². The van der Waals surface area contributed by atoms with Gasteiger partial charge in [0.1, 0.15) is 23.6 Å². The van der Waals surface area contributed by atoms with Crippen LogP contribution >= 0.6 is 0 Å². The monoisotopic (exact) mass is 592 g/mol. The average Bonchev–Trinajstić information content (AvgIpc) is 3.80. The summed E-state index contributed by atoms with van der Waals surface area (Å²) in [6, 6.07) is 7.86. The highest BCUT2D eigenvalue weighted by atomic mass is 19.3. The van der Waals surface area contributed by atoms with Crippen LogP contribution in [0.1, 0.15) is 94.4 Å². The zero-order chi connectivity index (χ0) is 30.4. The maximum absolute atomic E-state index is 16.0. The van der Waals surface area contributed by atoms with E-state index in [2.05, 4.69) is 33.2 Å². The molecule has 1 unspecified atom stereocenters. The first-order valence-electron chi connectivity index (χ1n) is 15.7. The molecule has 2 aromatic heterocycles. The van der Waals surface area contributed by atoms with E-state index < -0.39 is 34.7 Å². The van der Waals surface area contributed by atoms with Crippen molar-refractivity contribution in [1.82, 2.24) is 19.4 Å². The molecular formula is C33H39F3N6O. The van der Waals surface area contributed by atoms with Gasteiger partial charge in [0.25, 0.3) is 11.5 Å². The molecule has 2 atom stereocenters. The predicted molar refractivity (Wildman–Crippen MR) is 159 cm³/mol. The summed E-state index contributed by atoms with van der Waals surface area (Å²) in [6.45, 7) is 5.45. The average molecular weight is 593 g/mol. The Morgan fingerprint density at radius 1 is 1.07 bits per heavy atom. The molecule has 3 aliphatic heterocycles. The van der Waals surface area contributed by atoms with Crippen LogP contribution in [0.15, 0.2) is 35.4 Å². The summed E-state index contributed by atoms with van der Waals surface area (Å²) in [5.41, 5.74) is -0.608. The van der Waals surface area contributed by atoms with Crippen molar-refractivity contribution >= 4 is 16.9 Å².